The number of quaternary nitrogens is 1. The second-order valence-corrected chi connectivity index (χ2v) is 3.30. The van der Waals surface area contributed by atoms with E-state index >= 15 is 0 Å². The van der Waals surface area contributed by atoms with E-state index in [1.165, 1.54) is 7.11 Å². The lowest BCUT2D eigenvalue weighted by molar-refractivity contribution is -0.145. The Morgan fingerprint density at radius 1 is 1.27 bits per heavy atom. The van der Waals surface area contributed by atoms with Crippen molar-refractivity contribution < 1.29 is 31.4 Å². The molecule has 0 saturated carbocycles. The lowest BCUT2D eigenvalue weighted by Gasteiger charge is -2.03. The van der Waals surface area contributed by atoms with Gasteiger partial charge in [0.05, 0.1) is 19.6 Å². The average molecular weight is 246 g/mol. The minimum Gasteiger partial charge on any atom is -0.463 e. The molecule has 0 rings (SSSR count). The number of ether oxygens (including phenoxy) is 2. The van der Waals surface area contributed by atoms with E-state index in [4.69, 9.17) is 4.55 Å². The van der Waals surface area contributed by atoms with Gasteiger partial charge in [-0.25, -0.2) is 4.18 Å². The van der Waals surface area contributed by atoms with Crippen molar-refractivity contribution in [2.24, 2.45) is 0 Å². The zero-order valence-electron chi connectivity index (χ0n) is 8.63. The highest BCUT2D eigenvalue weighted by Gasteiger charge is 2.07. The Balaban J connectivity index is 0. The third kappa shape index (κ3) is 13.3. The average Bonchev–Trinajstić information content (AvgIpc) is 2.02. The Kier molecular flexibility index (Phi) is 9.52. The molecule has 92 valence electrons. The van der Waals surface area contributed by atoms with E-state index in [1.54, 1.807) is 0 Å². The standard InChI is InChI=1S/C6H12O7S.H3N/c1-11-4-5-12-6(7)2-3-13-14(8,9)10;/h2-5H2,1H3,(H,8,9,10);1H3/p+1. The number of carbonyl (C=O) groups is 1. The molecule has 0 saturated heterocycles. The highest BCUT2D eigenvalue weighted by molar-refractivity contribution is 7.80. The van der Waals surface area contributed by atoms with E-state index in [-0.39, 0.29) is 25.8 Å². The van der Waals surface area contributed by atoms with E-state index < -0.39 is 23.0 Å². The van der Waals surface area contributed by atoms with Crippen LogP contribution in [0.2, 0.25) is 0 Å². The fourth-order valence-electron chi connectivity index (χ4n) is 0.541. The van der Waals surface area contributed by atoms with E-state index in [9.17, 15) is 13.2 Å². The fourth-order valence-corrected chi connectivity index (χ4v) is 0.835. The van der Waals surface area contributed by atoms with Gasteiger partial charge in [-0.05, 0) is 0 Å². The maximum absolute atomic E-state index is 10.8. The molecule has 5 N–H and O–H groups in total. The molecule has 8 nitrogen and oxygen atoms in total. The first-order chi connectivity index (χ1) is 6.45. The van der Waals surface area contributed by atoms with Crippen molar-refractivity contribution in [1.82, 2.24) is 6.15 Å². The molecule has 0 bridgehead atoms. The van der Waals surface area contributed by atoms with Crippen molar-refractivity contribution in [3.05, 3.63) is 0 Å². The molecule has 0 aromatic carbocycles. The molecule has 0 spiro atoms. The largest absolute Gasteiger partial charge is 0.463 e. The van der Waals surface area contributed by atoms with Crippen LogP contribution >= 0.6 is 0 Å². The number of hydrogen-bond acceptors (Lipinski definition) is 6. The number of esters is 1. The topological polar surface area (TPSA) is 136 Å². The molecule has 0 amide bonds. The molecule has 0 unspecified atom stereocenters. The van der Waals surface area contributed by atoms with Gasteiger partial charge in [-0.3, -0.25) is 9.35 Å². The number of methoxy groups -OCH3 is 1. The first-order valence-corrected chi connectivity index (χ1v) is 5.08. The molecule has 0 aliphatic rings. The van der Waals surface area contributed by atoms with E-state index in [0.29, 0.717) is 0 Å². The van der Waals surface area contributed by atoms with Gasteiger partial charge in [0.15, 0.2) is 0 Å². The van der Waals surface area contributed by atoms with Gasteiger partial charge in [0.1, 0.15) is 6.61 Å². The highest BCUT2D eigenvalue weighted by atomic mass is 32.3. The van der Waals surface area contributed by atoms with Crippen LogP contribution in [0.3, 0.4) is 0 Å². The molecule has 9 heteroatoms. The number of carbonyl (C=O) groups excluding carboxylic acids is 1. The minimum absolute atomic E-state index is 0. The van der Waals surface area contributed by atoms with Gasteiger partial charge in [-0.15, -0.1) is 0 Å². The van der Waals surface area contributed by atoms with E-state index in [2.05, 4.69) is 13.7 Å². The molecule has 0 aliphatic heterocycles. The van der Waals surface area contributed by atoms with Crippen LogP contribution in [0, 0.1) is 0 Å². The van der Waals surface area contributed by atoms with Gasteiger partial charge < -0.3 is 15.6 Å². The van der Waals surface area contributed by atoms with Crippen molar-refractivity contribution in [1.29, 1.82) is 0 Å². The van der Waals surface area contributed by atoms with Crippen LogP contribution in [0.25, 0.3) is 0 Å². The molecule has 0 atom stereocenters. The zero-order chi connectivity index (χ0) is 11.0. The summed E-state index contributed by atoms with van der Waals surface area (Å²) in [4.78, 5) is 10.8. The summed E-state index contributed by atoms with van der Waals surface area (Å²) in [5.41, 5.74) is 0. The van der Waals surface area contributed by atoms with Crippen LogP contribution in [0.5, 0.6) is 0 Å². The van der Waals surface area contributed by atoms with Gasteiger partial charge in [-0.2, -0.15) is 8.42 Å². The summed E-state index contributed by atoms with van der Waals surface area (Å²) in [6.45, 7) is -0.0727. The van der Waals surface area contributed by atoms with Gasteiger partial charge >= 0.3 is 16.4 Å². The van der Waals surface area contributed by atoms with Crippen molar-refractivity contribution in [2.45, 2.75) is 6.42 Å². The fraction of sp³-hybridized carbons (Fsp3) is 0.833. The Bertz CT molecular complexity index is 263. The SMILES string of the molecule is COCCOC(=O)CCOS(=O)(=O)O.[NH4+]. The second-order valence-electron chi connectivity index (χ2n) is 2.21. The van der Waals surface area contributed by atoms with Gasteiger partial charge in [-0.1, -0.05) is 0 Å². The highest BCUT2D eigenvalue weighted by Crippen LogP contribution is 1.92. The lowest BCUT2D eigenvalue weighted by atomic mass is 10.5. The molecule has 0 fully saturated rings. The van der Waals surface area contributed by atoms with Crippen LogP contribution in [0.4, 0.5) is 0 Å². The molecule has 0 aliphatic carbocycles. The Hall–Kier alpha value is -0.740. The molecular formula is C6H16NO7S+. The minimum atomic E-state index is -4.48. The van der Waals surface area contributed by atoms with Crippen molar-refractivity contribution in [2.75, 3.05) is 26.9 Å². The Labute approximate surface area is 88.0 Å². The van der Waals surface area contributed by atoms with Gasteiger partial charge in [0, 0.05) is 7.11 Å². The zero-order valence-corrected chi connectivity index (χ0v) is 9.45. The number of rotatable bonds is 7. The van der Waals surface area contributed by atoms with Crippen LogP contribution in [-0.2, 0) is 28.9 Å². The first-order valence-electron chi connectivity index (χ1n) is 3.72. The van der Waals surface area contributed by atoms with Crippen LogP contribution < -0.4 is 6.15 Å². The first kappa shape index (κ1) is 16.7. The maximum atomic E-state index is 10.8. The lowest BCUT2D eigenvalue weighted by Crippen LogP contribution is -2.13. The molecule has 0 aromatic heterocycles. The number of hydrogen-bond donors (Lipinski definition) is 2. The summed E-state index contributed by atoms with van der Waals surface area (Å²) in [6, 6.07) is 0. The summed E-state index contributed by atoms with van der Waals surface area (Å²) < 4.78 is 41.3. The van der Waals surface area contributed by atoms with Crippen LogP contribution in [0.15, 0.2) is 0 Å². The summed E-state index contributed by atoms with van der Waals surface area (Å²) in [5, 5.41) is 0. The normalized spacial score (nSPS) is 10.5. The van der Waals surface area contributed by atoms with Crippen LogP contribution in [-0.4, -0.2) is 45.9 Å². The molecule has 0 heterocycles. The van der Waals surface area contributed by atoms with E-state index in [0.717, 1.165) is 0 Å². The van der Waals surface area contributed by atoms with Gasteiger partial charge in [0.25, 0.3) is 0 Å². The molecular weight excluding hydrogens is 230 g/mol. The third-order valence-corrected chi connectivity index (χ3v) is 1.55. The quantitative estimate of drug-likeness (QED) is 0.359. The van der Waals surface area contributed by atoms with Crippen molar-refractivity contribution in [3.8, 4) is 0 Å². The van der Waals surface area contributed by atoms with Crippen molar-refractivity contribution in [3.63, 3.8) is 0 Å². The smallest absolute Gasteiger partial charge is 0.397 e. The monoisotopic (exact) mass is 246 g/mol. The van der Waals surface area contributed by atoms with Crippen molar-refractivity contribution >= 4 is 16.4 Å². The second kappa shape index (κ2) is 8.56. The van der Waals surface area contributed by atoms with E-state index in [1.807, 2.05) is 0 Å². The summed E-state index contributed by atoms with van der Waals surface area (Å²) in [7, 11) is -3.02. The molecule has 0 aromatic rings. The summed E-state index contributed by atoms with van der Waals surface area (Å²) in [5.74, 6) is -0.620. The summed E-state index contributed by atoms with van der Waals surface area (Å²) in [6.07, 6.45) is -0.247. The van der Waals surface area contributed by atoms with Crippen LogP contribution in [0.1, 0.15) is 6.42 Å². The Morgan fingerprint density at radius 2 is 1.87 bits per heavy atom. The Morgan fingerprint density at radius 3 is 2.33 bits per heavy atom. The molecule has 0 radical (unpaired) electrons. The maximum Gasteiger partial charge on any atom is 0.397 e. The summed E-state index contributed by atoms with van der Waals surface area (Å²) >= 11 is 0. The predicted octanol–water partition coefficient (Wildman–Crippen LogP) is -0.238. The third-order valence-electron chi connectivity index (χ3n) is 1.09. The molecule has 15 heavy (non-hydrogen) atoms. The predicted molar refractivity (Wildman–Crippen MR) is 50.9 cm³/mol. The van der Waals surface area contributed by atoms with Gasteiger partial charge in [0.2, 0.25) is 0 Å².